The Morgan fingerprint density at radius 2 is 2.24 bits per heavy atom. The fraction of sp³-hybridized carbons (Fsp3) is 0.615. The number of aryl methyl sites for hydroxylation is 1. The largest absolute Gasteiger partial charge is 0.396 e. The molecule has 0 amide bonds. The van der Waals surface area contributed by atoms with E-state index < -0.39 is 0 Å². The lowest BCUT2D eigenvalue weighted by atomic mass is 10.1. The van der Waals surface area contributed by atoms with Gasteiger partial charge in [-0.15, -0.1) is 0 Å². The van der Waals surface area contributed by atoms with E-state index in [0.717, 1.165) is 36.7 Å². The zero-order valence-corrected chi connectivity index (χ0v) is 10.4. The maximum Gasteiger partial charge on any atom is 0.152 e. The normalized spacial score (nSPS) is 25.0. The first-order valence-electron chi connectivity index (χ1n) is 6.46. The summed E-state index contributed by atoms with van der Waals surface area (Å²) in [7, 11) is 0. The van der Waals surface area contributed by atoms with Gasteiger partial charge >= 0.3 is 0 Å². The molecule has 4 nitrogen and oxygen atoms in total. The first-order valence-corrected chi connectivity index (χ1v) is 6.46. The predicted octanol–water partition coefficient (Wildman–Crippen LogP) is 1.26. The number of nitrogens with zero attached hydrogens (tertiary/aromatic N) is 3. The van der Waals surface area contributed by atoms with Gasteiger partial charge in [-0.05, 0) is 37.9 Å². The Kier molecular flexibility index (Phi) is 2.67. The van der Waals surface area contributed by atoms with Crippen LogP contribution in [0.4, 0.5) is 11.5 Å². The van der Waals surface area contributed by atoms with Crippen molar-refractivity contribution in [2.45, 2.75) is 25.8 Å². The highest BCUT2D eigenvalue weighted by Gasteiger charge is 2.31. The quantitative estimate of drug-likeness (QED) is 0.791. The van der Waals surface area contributed by atoms with Gasteiger partial charge < -0.3 is 10.6 Å². The highest BCUT2D eigenvalue weighted by Crippen LogP contribution is 2.28. The fourth-order valence-electron chi connectivity index (χ4n) is 2.99. The molecule has 0 radical (unpaired) electrons. The molecule has 2 aliphatic heterocycles. The van der Waals surface area contributed by atoms with E-state index >= 15 is 0 Å². The summed E-state index contributed by atoms with van der Waals surface area (Å²) >= 11 is 0. The van der Waals surface area contributed by atoms with Crippen LogP contribution in [0.1, 0.15) is 18.4 Å². The van der Waals surface area contributed by atoms with Crippen molar-refractivity contribution in [1.82, 2.24) is 9.88 Å². The van der Waals surface area contributed by atoms with Crippen molar-refractivity contribution < 1.29 is 0 Å². The number of nitrogens with two attached hydrogens (primary N) is 1. The lowest BCUT2D eigenvalue weighted by molar-refractivity contribution is 0.230. The minimum Gasteiger partial charge on any atom is -0.396 e. The molecule has 0 bridgehead atoms. The average Bonchev–Trinajstić information content (AvgIpc) is 2.79. The second-order valence-electron chi connectivity index (χ2n) is 5.14. The van der Waals surface area contributed by atoms with Crippen LogP contribution in [0.15, 0.2) is 12.3 Å². The van der Waals surface area contributed by atoms with Crippen LogP contribution in [-0.4, -0.2) is 42.1 Å². The molecule has 92 valence electrons. The van der Waals surface area contributed by atoms with E-state index in [4.69, 9.17) is 5.73 Å². The monoisotopic (exact) mass is 232 g/mol. The van der Waals surface area contributed by atoms with Crippen LogP contribution in [-0.2, 0) is 0 Å². The van der Waals surface area contributed by atoms with E-state index in [1.165, 1.54) is 19.4 Å². The highest BCUT2D eigenvalue weighted by atomic mass is 15.3. The number of hydrogen-bond donors (Lipinski definition) is 1. The van der Waals surface area contributed by atoms with Crippen LogP contribution in [0.5, 0.6) is 0 Å². The third-order valence-electron chi connectivity index (χ3n) is 4.07. The van der Waals surface area contributed by atoms with Crippen LogP contribution in [0.25, 0.3) is 0 Å². The molecule has 2 aliphatic rings. The van der Waals surface area contributed by atoms with Gasteiger partial charge in [0.2, 0.25) is 0 Å². The van der Waals surface area contributed by atoms with Gasteiger partial charge in [0.05, 0.1) is 5.69 Å². The van der Waals surface area contributed by atoms with Gasteiger partial charge in [0.25, 0.3) is 0 Å². The summed E-state index contributed by atoms with van der Waals surface area (Å²) in [6, 6.07) is 2.69. The van der Waals surface area contributed by atoms with E-state index in [0.29, 0.717) is 6.04 Å². The molecular weight excluding hydrogens is 212 g/mol. The van der Waals surface area contributed by atoms with Gasteiger partial charge in [-0.25, -0.2) is 4.98 Å². The molecule has 0 aliphatic carbocycles. The maximum atomic E-state index is 6.13. The summed E-state index contributed by atoms with van der Waals surface area (Å²) in [6.07, 6.45) is 4.53. The molecule has 17 heavy (non-hydrogen) atoms. The molecule has 3 rings (SSSR count). The van der Waals surface area contributed by atoms with Gasteiger partial charge in [-0.2, -0.15) is 0 Å². The lowest BCUT2D eigenvalue weighted by Crippen LogP contribution is -2.50. The molecule has 0 saturated carbocycles. The van der Waals surface area contributed by atoms with E-state index in [1.54, 1.807) is 0 Å². The molecule has 4 heteroatoms. The smallest absolute Gasteiger partial charge is 0.152 e. The van der Waals surface area contributed by atoms with E-state index in [9.17, 15) is 0 Å². The molecule has 0 aromatic carbocycles. The van der Waals surface area contributed by atoms with Crippen LogP contribution < -0.4 is 10.6 Å². The molecule has 0 spiro atoms. The van der Waals surface area contributed by atoms with Crippen LogP contribution in [0.3, 0.4) is 0 Å². The molecule has 1 aromatic heterocycles. The summed E-state index contributed by atoms with van der Waals surface area (Å²) in [5.74, 6) is 0.983. The van der Waals surface area contributed by atoms with Gasteiger partial charge in [0.15, 0.2) is 5.82 Å². The van der Waals surface area contributed by atoms with Crippen molar-refractivity contribution in [2.24, 2.45) is 0 Å². The number of nitrogen functional groups attached to an aromatic ring is 1. The van der Waals surface area contributed by atoms with Crippen molar-refractivity contribution in [2.75, 3.05) is 36.8 Å². The predicted molar refractivity (Wildman–Crippen MR) is 70.2 cm³/mol. The van der Waals surface area contributed by atoms with Crippen molar-refractivity contribution >= 4 is 11.5 Å². The Morgan fingerprint density at radius 1 is 1.35 bits per heavy atom. The third-order valence-corrected chi connectivity index (χ3v) is 4.07. The van der Waals surface area contributed by atoms with E-state index in [-0.39, 0.29) is 0 Å². The number of piperazine rings is 1. The van der Waals surface area contributed by atoms with Crippen LogP contribution in [0, 0.1) is 6.92 Å². The van der Waals surface area contributed by atoms with E-state index in [1.807, 2.05) is 19.2 Å². The molecule has 2 saturated heterocycles. The Morgan fingerprint density at radius 3 is 3.12 bits per heavy atom. The summed E-state index contributed by atoms with van der Waals surface area (Å²) in [6.45, 7) is 6.61. The van der Waals surface area contributed by atoms with Gasteiger partial charge in [0.1, 0.15) is 0 Å². The minimum absolute atomic E-state index is 0.713. The van der Waals surface area contributed by atoms with Crippen molar-refractivity contribution in [3.05, 3.63) is 17.8 Å². The second-order valence-corrected chi connectivity index (χ2v) is 5.14. The maximum absolute atomic E-state index is 6.13. The summed E-state index contributed by atoms with van der Waals surface area (Å²) in [4.78, 5) is 9.42. The molecule has 2 N–H and O–H groups in total. The van der Waals surface area contributed by atoms with Gasteiger partial charge in [0, 0.05) is 31.9 Å². The standard InChI is InChI=1S/C13H20N4/c1-10-4-5-15-13(12(10)14)17-8-7-16-6-2-3-11(16)9-17/h4-5,11H,2-3,6-9,14H2,1H3. The zero-order chi connectivity index (χ0) is 11.8. The van der Waals surface area contributed by atoms with Gasteiger partial charge in [-0.1, -0.05) is 0 Å². The van der Waals surface area contributed by atoms with Crippen LogP contribution in [0.2, 0.25) is 0 Å². The molecule has 1 unspecified atom stereocenters. The second kappa shape index (κ2) is 4.18. The molecule has 1 atom stereocenters. The number of hydrogen-bond acceptors (Lipinski definition) is 4. The average molecular weight is 232 g/mol. The minimum atomic E-state index is 0.713. The number of aromatic nitrogens is 1. The zero-order valence-electron chi connectivity index (χ0n) is 10.4. The van der Waals surface area contributed by atoms with E-state index in [2.05, 4.69) is 14.8 Å². The molecule has 1 aromatic rings. The number of rotatable bonds is 1. The first kappa shape index (κ1) is 10.8. The molecular formula is C13H20N4. The number of pyridine rings is 1. The Hall–Kier alpha value is -1.29. The number of fused-ring (bicyclic) bond motifs is 1. The SMILES string of the molecule is Cc1ccnc(N2CCN3CCCC3C2)c1N. The van der Waals surface area contributed by atoms with Crippen molar-refractivity contribution in [1.29, 1.82) is 0 Å². The van der Waals surface area contributed by atoms with Gasteiger partial charge in [-0.3, -0.25) is 4.90 Å². The molecule has 3 heterocycles. The Balaban J connectivity index is 1.82. The highest BCUT2D eigenvalue weighted by molar-refractivity contribution is 5.66. The molecule has 2 fully saturated rings. The summed E-state index contributed by atoms with van der Waals surface area (Å²) in [5, 5.41) is 0. The topological polar surface area (TPSA) is 45.4 Å². The number of anilines is 2. The first-order chi connectivity index (χ1) is 8.25. The Bertz CT molecular complexity index is 418. The summed E-state index contributed by atoms with van der Waals surface area (Å²) < 4.78 is 0. The third kappa shape index (κ3) is 1.86. The van der Waals surface area contributed by atoms with Crippen LogP contribution >= 0.6 is 0 Å². The fourth-order valence-corrected chi connectivity index (χ4v) is 2.99. The van der Waals surface area contributed by atoms with Crippen molar-refractivity contribution in [3.8, 4) is 0 Å². The lowest BCUT2D eigenvalue weighted by Gasteiger charge is -2.38. The summed E-state index contributed by atoms with van der Waals surface area (Å²) in [5.41, 5.74) is 8.11. The Labute approximate surface area is 102 Å². The van der Waals surface area contributed by atoms with Crippen molar-refractivity contribution in [3.63, 3.8) is 0 Å².